The highest BCUT2D eigenvalue weighted by molar-refractivity contribution is 7.26. The highest BCUT2D eigenvalue weighted by Crippen LogP contribution is 2.51. The number of para-hydroxylation sites is 2. The van der Waals surface area contributed by atoms with Crippen molar-refractivity contribution >= 4 is 119 Å². The minimum atomic E-state index is 1.15. The molecule has 0 spiro atoms. The topological polar surface area (TPSA) is 7.65 Å². The van der Waals surface area contributed by atoms with E-state index in [4.69, 9.17) is 0 Å². The van der Waals surface area contributed by atoms with E-state index in [-0.39, 0.29) is 0 Å². The van der Waals surface area contributed by atoms with Crippen LogP contribution in [0.1, 0.15) is 0 Å². The molecule has 12 rings (SSSR count). The van der Waals surface area contributed by atoms with E-state index in [1.165, 1.54) is 102 Å². The smallest absolute Gasteiger partial charge is 0.0641 e. The van der Waals surface area contributed by atoms with E-state index in [1.807, 2.05) is 11.3 Å². The van der Waals surface area contributed by atoms with Gasteiger partial charge in [-0.25, -0.2) is 0 Å². The first-order valence-electron chi connectivity index (χ1n) is 17.5. The summed E-state index contributed by atoms with van der Waals surface area (Å²) in [5.41, 5.74) is 7.28. The third-order valence-electron chi connectivity index (χ3n) is 11.1. The van der Waals surface area contributed by atoms with Gasteiger partial charge in [-0.3, -0.25) is 0 Å². The maximum absolute atomic E-state index is 2.55. The quantitative estimate of drug-likeness (QED) is 0.171. The van der Waals surface area contributed by atoms with Crippen LogP contribution < -0.4 is 4.90 Å². The Morgan fingerprint density at radius 1 is 0.353 bits per heavy atom. The fraction of sp³-hybridized carbons (Fsp3) is 0. The van der Waals surface area contributed by atoms with Gasteiger partial charge in [-0.15, -0.1) is 11.3 Å². The number of aromatic nitrogens is 1. The van der Waals surface area contributed by atoms with Crippen molar-refractivity contribution in [1.82, 2.24) is 4.40 Å². The minimum absolute atomic E-state index is 1.15. The Labute approximate surface area is 296 Å². The van der Waals surface area contributed by atoms with Crippen molar-refractivity contribution in [3.63, 3.8) is 0 Å². The summed E-state index contributed by atoms with van der Waals surface area (Å²) in [6.45, 7) is 0. The summed E-state index contributed by atoms with van der Waals surface area (Å²) in [5.74, 6) is 0. The molecule has 236 valence electrons. The number of nitrogens with zero attached hydrogens (tertiary/aromatic N) is 2. The molecule has 0 saturated heterocycles. The molecule has 0 unspecified atom stereocenters. The van der Waals surface area contributed by atoms with Crippen molar-refractivity contribution in [3.8, 4) is 0 Å². The molecular weight excluding hydrogens is 637 g/mol. The van der Waals surface area contributed by atoms with Crippen LogP contribution in [0.5, 0.6) is 0 Å². The summed E-state index contributed by atoms with van der Waals surface area (Å²) in [6, 6.07) is 63.0. The molecule has 0 aliphatic heterocycles. The number of hydrogen-bond donors (Lipinski definition) is 0. The number of hydrogen-bond acceptors (Lipinski definition) is 2. The minimum Gasteiger partial charge on any atom is -0.309 e. The number of thiophene rings is 1. The Hall–Kier alpha value is -6.42. The van der Waals surface area contributed by atoms with Crippen LogP contribution in [0, 0.1) is 0 Å². The summed E-state index contributed by atoms with van der Waals surface area (Å²) in [5, 5.41) is 15.4. The standard InChI is InChI=1S/C48H28N2S/c1-2-14-32-30(12-1)31-13-3-4-15-33(31)39-28-29(24-25-34(32)39)49(42-21-11-23-45-46(42)38-18-7-10-22-44(38)51-45)43-27-26-36-35-16-5-8-19-40(35)50-41-20-9-6-17-37(41)47(43)48(36)50/h1-28H. The molecule has 0 radical (unpaired) electrons. The van der Waals surface area contributed by atoms with Crippen LogP contribution in [0.25, 0.3) is 90.6 Å². The Balaban J connectivity index is 1.26. The number of anilines is 3. The molecule has 0 aliphatic rings. The second-order valence-electron chi connectivity index (χ2n) is 13.6. The van der Waals surface area contributed by atoms with Gasteiger partial charge < -0.3 is 9.30 Å². The molecule has 12 aromatic rings. The van der Waals surface area contributed by atoms with Crippen molar-refractivity contribution in [1.29, 1.82) is 0 Å². The fourth-order valence-electron chi connectivity index (χ4n) is 9.01. The molecule has 0 fully saturated rings. The van der Waals surface area contributed by atoms with Crippen LogP contribution in [0.4, 0.5) is 17.1 Å². The summed E-state index contributed by atoms with van der Waals surface area (Å²) in [7, 11) is 0. The number of rotatable bonds is 3. The normalized spacial score (nSPS) is 12.3. The SMILES string of the molecule is c1ccc2c(c1)sc1cccc(N(c3ccc4c5ccccc5c5ccccc5c4c3)c3ccc4c5ccccc5n5c6ccccc6c3c45)c12. The third-order valence-corrected chi connectivity index (χ3v) is 12.2. The first-order chi connectivity index (χ1) is 25.3. The summed E-state index contributed by atoms with van der Waals surface area (Å²) >= 11 is 1.87. The molecule has 51 heavy (non-hydrogen) atoms. The molecule has 3 heterocycles. The second kappa shape index (κ2) is 10.1. The van der Waals surface area contributed by atoms with E-state index in [0.717, 1.165) is 5.69 Å². The lowest BCUT2D eigenvalue weighted by atomic mass is 9.93. The summed E-state index contributed by atoms with van der Waals surface area (Å²) in [4.78, 5) is 2.55. The van der Waals surface area contributed by atoms with Gasteiger partial charge in [-0.1, -0.05) is 121 Å². The molecule has 0 bridgehead atoms. The predicted molar refractivity (Wildman–Crippen MR) is 221 cm³/mol. The first-order valence-corrected chi connectivity index (χ1v) is 18.3. The molecular formula is C48H28N2S. The highest BCUT2D eigenvalue weighted by atomic mass is 32.1. The molecule has 0 amide bonds. The van der Waals surface area contributed by atoms with Gasteiger partial charge in [-0.05, 0) is 80.8 Å². The van der Waals surface area contributed by atoms with Crippen molar-refractivity contribution in [2.45, 2.75) is 0 Å². The lowest BCUT2D eigenvalue weighted by Gasteiger charge is -2.28. The van der Waals surface area contributed by atoms with Crippen LogP contribution in [-0.4, -0.2) is 4.40 Å². The Morgan fingerprint density at radius 2 is 0.882 bits per heavy atom. The van der Waals surface area contributed by atoms with Gasteiger partial charge in [0.05, 0.1) is 27.9 Å². The zero-order chi connectivity index (χ0) is 33.2. The van der Waals surface area contributed by atoms with Crippen molar-refractivity contribution < 1.29 is 0 Å². The Bertz CT molecular complexity index is 3350. The fourth-order valence-corrected chi connectivity index (χ4v) is 10.1. The van der Waals surface area contributed by atoms with Gasteiger partial charge in [0.1, 0.15) is 0 Å². The van der Waals surface area contributed by atoms with Gasteiger partial charge in [-0.2, -0.15) is 0 Å². The van der Waals surface area contributed by atoms with Crippen LogP contribution >= 0.6 is 11.3 Å². The van der Waals surface area contributed by atoms with Crippen molar-refractivity contribution in [3.05, 3.63) is 170 Å². The van der Waals surface area contributed by atoms with Crippen LogP contribution in [0.2, 0.25) is 0 Å². The maximum atomic E-state index is 2.55. The molecule has 0 saturated carbocycles. The second-order valence-corrected chi connectivity index (χ2v) is 14.7. The van der Waals surface area contributed by atoms with Crippen LogP contribution in [0.15, 0.2) is 170 Å². The molecule has 0 N–H and O–H groups in total. The molecule has 3 aromatic heterocycles. The molecule has 0 aliphatic carbocycles. The highest BCUT2D eigenvalue weighted by Gasteiger charge is 2.26. The van der Waals surface area contributed by atoms with Gasteiger partial charge in [0.2, 0.25) is 0 Å². The average Bonchev–Trinajstić information content (AvgIpc) is 3.86. The Kier molecular flexibility index (Phi) is 5.41. The molecule has 3 heteroatoms. The van der Waals surface area contributed by atoms with Crippen LogP contribution in [-0.2, 0) is 0 Å². The first kappa shape index (κ1) is 27.4. The van der Waals surface area contributed by atoms with E-state index in [2.05, 4.69) is 179 Å². The molecule has 9 aromatic carbocycles. The molecule has 2 nitrogen and oxygen atoms in total. The van der Waals surface area contributed by atoms with Gasteiger partial charge >= 0.3 is 0 Å². The van der Waals surface area contributed by atoms with Crippen molar-refractivity contribution in [2.75, 3.05) is 4.90 Å². The van der Waals surface area contributed by atoms with Crippen LogP contribution in [0.3, 0.4) is 0 Å². The molecule has 0 atom stereocenters. The van der Waals surface area contributed by atoms with E-state index < -0.39 is 0 Å². The average molecular weight is 665 g/mol. The van der Waals surface area contributed by atoms with Gasteiger partial charge in [0.25, 0.3) is 0 Å². The van der Waals surface area contributed by atoms with E-state index in [9.17, 15) is 0 Å². The largest absolute Gasteiger partial charge is 0.309 e. The Morgan fingerprint density at radius 3 is 1.63 bits per heavy atom. The van der Waals surface area contributed by atoms with E-state index in [0.29, 0.717) is 0 Å². The maximum Gasteiger partial charge on any atom is 0.0641 e. The predicted octanol–water partition coefficient (Wildman–Crippen LogP) is 14.1. The van der Waals surface area contributed by atoms with E-state index in [1.54, 1.807) is 0 Å². The lowest BCUT2D eigenvalue weighted by molar-refractivity contribution is 1.32. The van der Waals surface area contributed by atoms with E-state index >= 15 is 0 Å². The van der Waals surface area contributed by atoms with Gasteiger partial charge in [0, 0.05) is 47.4 Å². The summed E-state index contributed by atoms with van der Waals surface area (Å²) in [6.07, 6.45) is 0. The zero-order valence-corrected chi connectivity index (χ0v) is 28.3. The van der Waals surface area contributed by atoms with Gasteiger partial charge in [0.15, 0.2) is 0 Å². The van der Waals surface area contributed by atoms with Crippen molar-refractivity contribution in [2.24, 2.45) is 0 Å². The third kappa shape index (κ3) is 3.60. The zero-order valence-electron chi connectivity index (χ0n) is 27.5. The number of benzene rings is 9. The summed E-state index contributed by atoms with van der Waals surface area (Å²) < 4.78 is 5.08. The lowest BCUT2D eigenvalue weighted by Crippen LogP contribution is -2.11. The monoisotopic (exact) mass is 664 g/mol. The number of fused-ring (bicyclic) bond motifs is 15.